The molecule has 0 saturated carbocycles. The molecule has 0 aliphatic rings. The summed E-state index contributed by atoms with van der Waals surface area (Å²) >= 11 is 1.24. The van der Waals surface area contributed by atoms with Crippen LogP contribution in [-0.4, -0.2) is 37.0 Å². The third kappa shape index (κ3) is 4.35. The van der Waals surface area contributed by atoms with Gasteiger partial charge in [0.25, 0.3) is 0 Å². The highest BCUT2D eigenvalue weighted by atomic mass is 32.2. The zero-order chi connectivity index (χ0) is 20.2. The van der Waals surface area contributed by atoms with Crippen LogP contribution >= 0.6 is 11.8 Å². The second-order valence-electron chi connectivity index (χ2n) is 6.44. The largest absolute Gasteiger partial charge is 0.338 e. The average Bonchev–Trinajstić information content (AvgIpc) is 3.37. The minimum absolute atomic E-state index is 0.132. The third-order valence-corrected chi connectivity index (χ3v) is 5.16. The molecule has 0 unspecified atom stereocenters. The number of thioether (sulfide) groups is 1. The number of carbonyl (C=O) groups is 1. The molecule has 4 aromatic rings. The molecule has 4 rings (SSSR count). The second kappa shape index (κ2) is 8.27. The van der Waals surface area contributed by atoms with E-state index in [0.717, 1.165) is 22.4 Å². The Bertz CT molecular complexity index is 1140. The summed E-state index contributed by atoms with van der Waals surface area (Å²) in [6.07, 6.45) is 0. The van der Waals surface area contributed by atoms with E-state index in [4.69, 9.17) is 4.52 Å². The predicted octanol–water partition coefficient (Wildman–Crippen LogP) is 3.66. The van der Waals surface area contributed by atoms with Crippen molar-refractivity contribution in [1.29, 1.82) is 0 Å². The van der Waals surface area contributed by atoms with E-state index >= 15 is 0 Å². The van der Waals surface area contributed by atoms with Crippen molar-refractivity contribution in [3.05, 3.63) is 65.7 Å². The first-order valence-electron chi connectivity index (χ1n) is 8.91. The molecule has 0 bridgehead atoms. The molecule has 1 amide bonds. The molecule has 0 aliphatic carbocycles. The Morgan fingerprint density at radius 3 is 2.72 bits per heavy atom. The smallest absolute Gasteiger partial charge is 0.237 e. The van der Waals surface area contributed by atoms with Crippen molar-refractivity contribution in [3.8, 4) is 16.9 Å². The fraction of sp³-hybridized carbons (Fsp3) is 0.150. The van der Waals surface area contributed by atoms with Gasteiger partial charge in [0.05, 0.1) is 11.4 Å². The van der Waals surface area contributed by atoms with Gasteiger partial charge in [-0.2, -0.15) is 4.68 Å². The molecular weight excluding hydrogens is 388 g/mol. The molecule has 2 aromatic heterocycles. The van der Waals surface area contributed by atoms with E-state index < -0.39 is 0 Å². The summed E-state index contributed by atoms with van der Waals surface area (Å²) in [4.78, 5) is 12.3. The van der Waals surface area contributed by atoms with Crippen LogP contribution in [-0.2, 0) is 4.79 Å². The molecule has 0 radical (unpaired) electrons. The number of amides is 1. The minimum atomic E-state index is -0.235. The standard InChI is InChI=1S/C20H18N6O2S/c1-13-7-9-15(10-8-13)16-11-19(28-23-16)21-18(27)12-29-20-22-24-25-26(20)17-6-4-3-5-14(17)2/h3-11H,12H2,1-2H3,(H,21,27). The number of benzene rings is 2. The highest BCUT2D eigenvalue weighted by molar-refractivity contribution is 7.99. The lowest BCUT2D eigenvalue weighted by Crippen LogP contribution is -2.14. The molecule has 0 saturated heterocycles. The summed E-state index contributed by atoms with van der Waals surface area (Å²) in [7, 11) is 0. The Morgan fingerprint density at radius 2 is 1.93 bits per heavy atom. The lowest BCUT2D eigenvalue weighted by atomic mass is 10.1. The summed E-state index contributed by atoms with van der Waals surface area (Å²) in [5, 5.41) is 19.0. The van der Waals surface area contributed by atoms with Crippen LogP contribution in [0, 0.1) is 13.8 Å². The maximum Gasteiger partial charge on any atom is 0.237 e. The fourth-order valence-corrected chi connectivity index (χ4v) is 3.40. The van der Waals surface area contributed by atoms with Gasteiger partial charge in [0.1, 0.15) is 5.69 Å². The number of para-hydroxylation sites is 1. The average molecular weight is 406 g/mol. The summed E-state index contributed by atoms with van der Waals surface area (Å²) in [5.74, 6) is 0.193. The minimum Gasteiger partial charge on any atom is -0.338 e. The van der Waals surface area contributed by atoms with Crippen LogP contribution in [0.4, 0.5) is 5.88 Å². The number of rotatable bonds is 6. The zero-order valence-corrected chi connectivity index (χ0v) is 16.7. The van der Waals surface area contributed by atoms with Crippen molar-refractivity contribution in [3.63, 3.8) is 0 Å². The zero-order valence-electron chi connectivity index (χ0n) is 15.9. The van der Waals surface area contributed by atoms with Crippen LogP contribution in [0.1, 0.15) is 11.1 Å². The highest BCUT2D eigenvalue weighted by Crippen LogP contribution is 2.23. The van der Waals surface area contributed by atoms with Gasteiger partial charge < -0.3 is 4.52 Å². The fourth-order valence-electron chi connectivity index (χ4n) is 2.72. The molecule has 2 aromatic carbocycles. The van der Waals surface area contributed by atoms with Crippen LogP contribution in [0.25, 0.3) is 16.9 Å². The van der Waals surface area contributed by atoms with E-state index in [9.17, 15) is 4.79 Å². The number of tetrazole rings is 1. The van der Waals surface area contributed by atoms with Crippen molar-refractivity contribution in [2.45, 2.75) is 19.0 Å². The van der Waals surface area contributed by atoms with E-state index in [2.05, 4.69) is 26.0 Å². The number of nitrogens with zero attached hydrogens (tertiary/aromatic N) is 5. The van der Waals surface area contributed by atoms with E-state index in [1.165, 1.54) is 11.8 Å². The van der Waals surface area contributed by atoms with Crippen molar-refractivity contribution < 1.29 is 9.32 Å². The number of hydrogen-bond donors (Lipinski definition) is 1. The van der Waals surface area contributed by atoms with Gasteiger partial charge in [0.2, 0.25) is 16.9 Å². The monoisotopic (exact) mass is 406 g/mol. The van der Waals surface area contributed by atoms with E-state index in [1.54, 1.807) is 10.7 Å². The summed E-state index contributed by atoms with van der Waals surface area (Å²) in [6, 6.07) is 17.4. The molecule has 8 nitrogen and oxygen atoms in total. The van der Waals surface area contributed by atoms with E-state index in [0.29, 0.717) is 16.7 Å². The van der Waals surface area contributed by atoms with Crippen LogP contribution in [0.2, 0.25) is 0 Å². The Labute approximate surface area is 171 Å². The predicted molar refractivity (Wildman–Crippen MR) is 110 cm³/mol. The van der Waals surface area contributed by atoms with Crippen molar-refractivity contribution in [2.75, 3.05) is 11.1 Å². The third-order valence-electron chi connectivity index (χ3n) is 4.24. The van der Waals surface area contributed by atoms with Gasteiger partial charge in [-0.15, -0.1) is 5.10 Å². The van der Waals surface area contributed by atoms with Gasteiger partial charge in [0, 0.05) is 11.6 Å². The van der Waals surface area contributed by atoms with E-state index in [-0.39, 0.29) is 11.7 Å². The number of carbonyl (C=O) groups excluding carboxylic acids is 1. The first-order valence-corrected chi connectivity index (χ1v) is 9.89. The van der Waals surface area contributed by atoms with Gasteiger partial charge in [-0.3, -0.25) is 10.1 Å². The van der Waals surface area contributed by atoms with Gasteiger partial charge in [-0.25, -0.2) is 0 Å². The van der Waals surface area contributed by atoms with Crippen molar-refractivity contribution in [2.24, 2.45) is 0 Å². The second-order valence-corrected chi connectivity index (χ2v) is 7.38. The number of aromatic nitrogens is 5. The van der Waals surface area contributed by atoms with Gasteiger partial charge in [0.15, 0.2) is 0 Å². The quantitative estimate of drug-likeness (QED) is 0.488. The van der Waals surface area contributed by atoms with Gasteiger partial charge in [-0.1, -0.05) is 64.9 Å². The lowest BCUT2D eigenvalue weighted by molar-refractivity contribution is -0.113. The van der Waals surface area contributed by atoms with E-state index in [1.807, 2.05) is 62.4 Å². The normalized spacial score (nSPS) is 10.8. The van der Waals surface area contributed by atoms with Gasteiger partial charge >= 0.3 is 0 Å². The molecule has 0 spiro atoms. The van der Waals surface area contributed by atoms with Gasteiger partial charge in [-0.05, 0) is 35.9 Å². The molecular formula is C20H18N6O2S. The highest BCUT2D eigenvalue weighted by Gasteiger charge is 2.14. The molecule has 146 valence electrons. The van der Waals surface area contributed by atoms with Crippen molar-refractivity contribution >= 4 is 23.6 Å². The maximum atomic E-state index is 12.3. The molecule has 2 heterocycles. The molecule has 1 N–H and O–H groups in total. The number of nitrogens with one attached hydrogen (secondary N) is 1. The number of hydrogen-bond acceptors (Lipinski definition) is 7. The first kappa shape index (κ1) is 18.9. The number of anilines is 1. The summed E-state index contributed by atoms with van der Waals surface area (Å²) in [5.41, 5.74) is 4.66. The summed E-state index contributed by atoms with van der Waals surface area (Å²) in [6.45, 7) is 4.00. The number of aryl methyl sites for hydroxylation is 2. The van der Waals surface area contributed by atoms with Crippen LogP contribution < -0.4 is 5.32 Å². The Kier molecular flexibility index (Phi) is 5.39. The first-order chi connectivity index (χ1) is 14.1. The SMILES string of the molecule is Cc1ccc(-c2cc(NC(=O)CSc3nnnn3-c3ccccc3C)on2)cc1. The molecule has 0 fully saturated rings. The Balaban J connectivity index is 1.39. The lowest BCUT2D eigenvalue weighted by Gasteiger charge is -2.06. The van der Waals surface area contributed by atoms with Crippen molar-refractivity contribution in [1.82, 2.24) is 25.4 Å². The summed E-state index contributed by atoms with van der Waals surface area (Å²) < 4.78 is 6.85. The topological polar surface area (TPSA) is 98.7 Å². The Hall–Kier alpha value is -3.46. The Morgan fingerprint density at radius 1 is 1.14 bits per heavy atom. The van der Waals surface area contributed by atoms with Crippen LogP contribution in [0.3, 0.4) is 0 Å². The molecule has 9 heteroatoms. The maximum absolute atomic E-state index is 12.3. The molecule has 0 atom stereocenters. The molecule has 0 aliphatic heterocycles. The van der Waals surface area contributed by atoms with Crippen LogP contribution in [0.15, 0.2) is 64.3 Å². The van der Waals surface area contributed by atoms with Crippen LogP contribution in [0.5, 0.6) is 0 Å². The molecule has 29 heavy (non-hydrogen) atoms.